The molecule has 0 spiro atoms. The molecule has 1 heterocycles. The third-order valence-corrected chi connectivity index (χ3v) is 3.56. The van der Waals surface area contributed by atoms with Crippen molar-refractivity contribution in [1.82, 2.24) is 4.90 Å². The molecule has 2 N–H and O–H groups in total. The zero-order chi connectivity index (χ0) is 12.7. The quantitative estimate of drug-likeness (QED) is 0.604. The van der Waals surface area contributed by atoms with Crippen LogP contribution in [0.2, 0.25) is 0 Å². The second kappa shape index (κ2) is 4.18. The van der Waals surface area contributed by atoms with Crippen molar-refractivity contribution in [1.29, 1.82) is 0 Å². The van der Waals surface area contributed by atoms with Crippen LogP contribution in [-0.4, -0.2) is 31.1 Å². The highest BCUT2D eigenvalue weighted by molar-refractivity contribution is 5.52. The minimum Gasteiger partial charge on any atom is -0.482 e. The van der Waals surface area contributed by atoms with Crippen molar-refractivity contribution in [3.05, 3.63) is 47.6 Å². The van der Waals surface area contributed by atoms with Crippen LogP contribution in [0.4, 0.5) is 5.69 Å². The first-order chi connectivity index (χ1) is 8.63. The van der Waals surface area contributed by atoms with E-state index >= 15 is 0 Å². The lowest BCUT2D eigenvalue weighted by Gasteiger charge is -2.32. The highest BCUT2D eigenvalue weighted by atomic mass is 16.5. The van der Waals surface area contributed by atoms with Gasteiger partial charge < -0.3 is 10.5 Å². The largest absolute Gasteiger partial charge is 0.482 e. The van der Waals surface area contributed by atoms with E-state index in [1.807, 2.05) is 18.2 Å². The minimum atomic E-state index is 0.0947. The molecule has 0 radical (unpaired) electrons. The topological polar surface area (TPSA) is 38.5 Å². The van der Waals surface area contributed by atoms with Gasteiger partial charge >= 0.3 is 0 Å². The summed E-state index contributed by atoms with van der Waals surface area (Å²) in [6.07, 6.45) is 7.66. The maximum absolute atomic E-state index is 5.99. The molecule has 0 aromatic heterocycles. The molecule has 1 aliphatic carbocycles. The van der Waals surface area contributed by atoms with Gasteiger partial charge in [-0.2, -0.15) is 0 Å². The van der Waals surface area contributed by atoms with E-state index in [9.17, 15) is 0 Å². The van der Waals surface area contributed by atoms with Gasteiger partial charge in [0.1, 0.15) is 11.9 Å². The Morgan fingerprint density at radius 3 is 2.89 bits per heavy atom. The van der Waals surface area contributed by atoms with Gasteiger partial charge in [-0.1, -0.05) is 12.2 Å². The number of ether oxygens (including phenoxy) is 1. The number of rotatable bonds is 1. The lowest BCUT2D eigenvalue weighted by atomic mass is 9.90. The molecule has 94 valence electrons. The van der Waals surface area contributed by atoms with Crippen LogP contribution in [0.3, 0.4) is 0 Å². The van der Waals surface area contributed by atoms with E-state index in [2.05, 4.69) is 37.2 Å². The average Bonchev–Trinajstić information content (AvgIpc) is 2.35. The van der Waals surface area contributed by atoms with Gasteiger partial charge in [0, 0.05) is 23.7 Å². The van der Waals surface area contributed by atoms with E-state index < -0.39 is 0 Å². The highest BCUT2D eigenvalue weighted by Crippen LogP contribution is 2.34. The molecule has 3 heteroatoms. The molecule has 2 aliphatic rings. The van der Waals surface area contributed by atoms with E-state index in [1.165, 1.54) is 11.1 Å². The molecule has 0 amide bonds. The lowest BCUT2D eigenvalue weighted by molar-refractivity contribution is 0.256. The molecule has 3 rings (SSSR count). The molecular formula is C15H18N2O. The maximum atomic E-state index is 5.99. The Labute approximate surface area is 108 Å². The fourth-order valence-electron chi connectivity index (χ4n) is 2.51. The minimum absolute atomic E-state index is 0.0947. The summed E-state index contributed by atoms with van der Waals surface area (Å²) in [6.45, 7) is 0. The number of fused-ring (bicyclic) bond motifs is 2. The molecular weight excluding hydrogens is 224 g/mol. The van der Waals surface area contributed by atoms with Crippen LogP contribution in [-0.2, 0) is 6.42 Å². The Hall–Kier alpha value is -1.74. The molecule has 3 nitrogen and oxygen atoms in total. The van der Waals surface area contributed by atoms with Crippen molar-refractivity contribution < 1.29 is 4.74 Å². The number of nitrogens with two attached hydrogens (primary N) is 1. The van der Waals surface area contributed by atoms with Gasteiger partial charge in [-0.05, 0) is 43.9 Å². The van der Waals surface area contributed by atoms with E-state index in [-0.39, 0.29) is 6.10 Å². The van der Waals surface area contributed by atoms with Gasteiger partial charge in [0.25, 0.3) is 0 Å². The molecule has 0 bridgehead atoms. The lowest BCUT2D eigenvalue weighted by Crippen LogP contribution is -2.32. The second-order valence-electron chi connectivity index (χ2n) is 5.16. The molecule has 2 unspecified atom stereocenters. The van der Waals surface area contributed by atoms with Crippen LogP contribution in [0.25, 0.3) is 0 Å². The second-order valence-corrected chi connectivity index (χ2v) is 5.16. The van der Waals surface area contributed by atoms with Crippen LogP contribution < -0.4 is 10.5 Å². The van der Waals surface area contributed by atoms with Crippen LogP contribution in [0.5, 0.6) is 5.75 Å². The van der Waals surface area contributed by atoms with Gasteiger partial charge in [0.2, 0.25) is 0 Å². The fourth-order valence-corrected chi connectivity index (χ4v) is 2.51. The van der Waals surface area contributed by atoms with Gasteiger partial charge in [0.15, 0.2) is 0 Å². The fraction of sp³-hybridized carbons (Fsp3) is 0.333. The zero-order valence-corrected chi connectivity index (χ0v) is 10.8. The third kappa shape index (κ3) is 1.91. The summed E-state index contributed by atoms with van der Waals surface area (Å²) in [5, 5.41) is 0. The van der Waals surface area contributed by atoms with Crippen molar-refractivity contribution in [3.8, 4) is 5.75 Å². The highest BCUT2D eigenvalue weighted by Gasteiger charge is 2.26. The summed E-state index contributed by atoms with van der Waals surface area (Å²) in [5.41, 5.74) is 9.14. The van der Waals surface area contributed by atoms with Gasteiger partial charge in [-0.15, -0.1) is 0 Å². The smallest absolute Gasteiger partial charge is 0.138 e. The maximum Gasteiger partial charge on any atom is 0.138 e. The molecule has 1 aromatic carbocycles. The van der Waals surface area contributed by atoms with Crippen molar-refractivity contribution in [2.45, 2.75) is 18.6 Å². The van der Waals surface area contributed by atoms with Crippen molar-refractivity contribution in [2.24, 2.45) is 0 Å². The number of nitrogens with zero attached hydrogens (tertiary/aromatic N) is 1. The van der Waals surface area contributed by atoms with E-state index in [0.29, 0.717) is 6.04 Å². The molecule has 1 aromatic rings. The average molecular weight is 242 g/mol. The Morgan fingerprint density at radius 1 is 1.28 bits per heavy atom. The van der Waals surface area contributed by atoms with Gasteiger partial charge in [0.05, 0.1) is 0 Å². The number of nitrogen functional groups attached to an aromatic ring is 1. The molecule has 18 heavy (non-hydrogen) atoms. The summed E-state index contributed by atoms with van der Waals surface area (Å²) in [5.74, 6) is 0.958. The summed E-state index contributed by atoms with van der Waals surface area (Å²) in [6, 6.07) is 6.23. The predicted molar refractivity (Wildman–Crippen MR) is 73.7 cm³/mol. The predicted octanol–water partition coefficient (Wildman–Crippen LogP) is 2.00. The Morgan fingerprint density at radius 2 is 2.11 bits per heavy atom. The first kappa shape index (κ1) is 11.4. The van der Waals surface area contributed by atoms with E-state index in [4.69, 9.17) is 10.5 Å². The molecule has 1 aliphatic heterocycles. The van der Waals surface area contributed by atoms with Gasteiger partial charge in [-0.25, -0.2) is 0 Å². The molecule has 0 saturated heterocycles. The first-order valence-electron chi connectivity index (χ1n) is 6.24. The molecule has 2 atom stereocenters. The van der Waals surface area contributed by atoms with Crippen LogP contribution in [0.1, 0.15) is 5.56 Å². The number of hydrogen-bond donors (Lipinski definition) is 1. The monoisotopic (exact) mass is 242 g/mol. The summed E-state index contributed by atoms with van der Waals surface area (Å²) < 4.78 is 5.99. The Balaban J connectivity index is 1.94. The van der Waals surface area contributed by atoms with Crippen molar-refractivity contribution in [3.63, 3.8) is 0 Å². The third-order valence-electron chi connectivity index (χ3n) is 3.56. The van der Waals surface area contributed by atoms with Crippen molar-refractivity contribution in [2.75, 3.05) is 19.8 Å². The number of benzene rings is 1. The molecule has 0 saturated carbocycles. The van der Waals surface area contributed by atoms with E-state index in [1.54, 1.807) is 0 Å². The normalized spacial score (nSPS) is 25.2. The SMILES string of the molecule is CN(C)C1C=CC2Oc3ccc(N)cc3CC2=C1. The van der Waals surface area contributed by atoms with Crippen LogP contribution >= 0.6 is 0 Å². The number of anilines is 1. The Kier molecular flexibility index (Phi) is 2.63. The molecule has 0 fully saturated rings. The van der Waals surface area contributed by atoms with Crippen LogP contribution in [0.15, 0.2) is 42.0 Å². The number of likely N-dealkylation sites (N-methyl/N-ethyl adjacent to an activating group) is 1. The van der Waals surface area contributed by atoms with E-state index in [0.717, 1.165) is 17.9 Å². The first-order valence-corrected chi connectivity index (χ1v) is 6.24. The summed E-state index contributed by atoms with van der Waals surface area (Å²) in [4.78, 5) is 2.19. The summed E-state index contributed by atoms with van der Waals surface area (Å²) >= 11 is 0. The van der Waals surface area contributed by atoms with Crippen LogP contribution in [0, 0.1) is 0 Å². The Bertz CT molecular complexity index is 531. The number of hydrogen-bond acceptors (Lipinski definition) is 3. The van der Waals surface area contributed by atoms with Crippen molar-refractivity contribution >= 4 is 5.69 Å². The van der Waals surface area contributed by atoms with Gasteiger partial charge in [-0.3, -0.25) is 4.90 Å². The summed E-state index contributed by atoms with van der Waals surface area (Å²) in [7, 11) is 4.17. The zero-order valence-electron chi connectivity index (χ0n) is 10.8. The standard InChI is InChI=1S/C15H18N2O/c1-17(2)13-4-6-15-11(9-13)7-10-8-12(16)3-5-14(10)18-15/h3-6,8-9,13,15H,7,16H2,1-2H3.